The molecule has 1 N–H and O–H groups in total. The first kappa shape index (κ1) is 23.8. The highest BCUT2D eigenvalue weighted by molar-refractivity contribution is 5.76. The minimum absolute atomic E-state index is 0.133. The maximum absolute atomic E-state index is 11.3. The van der Waals surface area contributed by atoms with Gasteiger partial charge in [0.25, 0.3) is 0 Å². The highest BCUT2D eigenvalue weighted by Gasteiger charge is 2.10. The number of para-hydroxylation sites is 2. The summed E-state index contributed by atoms with van der Waals surface area (Å²) in [6.07, 6.45) is 6.78. The van der Waals surface area contributed by atoms with Gasteiger partial charge in [0.1, 0.15) is 11.6 Å². The molecule has 1 heterocycles. The van der Waals surface area contributed by atoms with Crippen molar-refractivity contribution in [1.82, 2.24) is 14.9 Å². The van der Waals surface area contributed by atoms with Gasteiger partial charge in [0.15, 0.2) is 0 Å². The Balaban J connectivity index is 1.48. The Hall–Kier alpha value is -2.82. The van der Waals surface area contributed by atoms with Crippen molar-refractivity contribution in [1.29, 1.82) is 0 Å². The summed E-state index contributed by atoms with van der Waals surface area (Å²) in [6.45, 7) is 8.55. The van der Waals surface area contributed by atoms with E-state index < -0.39 is 0 Å². The number of unbranched alkanes of at least 4 members (excludes halogenated alkanes) is 3. The Bertz CT molecular complexity index is 1010. The molecule has 0 radical (unpaired) electrons. The molecule has 1 amide bonds. The molecule has 32 heavy (non-hydrogen) atoms. The maximum atomic E-state index is 11.3. The third kappa shape index (κ3) is 6.84. The summed E-state index contributed by atoms with van der Waals surface area (Å²) < 4.78 is 8.38. The molecule has 0 atom stereocenters. The summed E-state index contributed by atoms with van der Waals surface area (Å²) in [5.41, 5.74) is 4.75. The predicted molar refractivity (Wildman–Crippen MR) is 131 cm³/mol. The number of imidazole rings is 1. The third-order valence-electron chi connectivity index (χ3n) is 5.82. The van der Waals surface area contributed by atoms with Gasteiger partial charge in [-0.05, 0) is 63.3 Å². The quantitative estimate of drug-likeness (QED) is 0.348. The second-order valence-electron chi connectivity index (χ2n) is 8.51. The van der Waals surface area contributed by atoms with Crippen LogP contribution in [-0.2, 0) is 17.8 Å². The zero-order chi connectivity index (χ0) is 22.8. The minimum atomic E-state index is 0.133. The number of carbonyl (C=O) groups is 1. The van der Waals surface area contributed by atoms with Crippen LogP contribution >= 0.6 is 0 Å². The van der Waals surface area contributed by atoms with Gasteiger partial charge in [-0.25, -0.2) is 4.98 Å². The van der Waals surface area contributed by atoms with Crippen LogP contribution in [0.3, 0.4) is 0 Å². The van der Waals surface area contributed by atoms with E-state index in [0.717, 1.165) is 69.5 Å². The van der Waals surface area contributed by atoms with Crippen LogP contribution in [0, 0.1) is 13.8 Å². The zero-order valence-corrected chi connectivity index (χ0v) is 19.8. The number of rotatable bonds is 13. The number of nitrogens with zero attached hydrogens (tertiary/aromatic N) is 2. The first-order valence-electron chi connectivity index (χ1n) is 12.0. The number of amides is 1. The van der Waals surface area contributed by atoms with Gasteiger partial charge in [-0.3, -0.25) is 4.79 Å². The van der Waals surface area contributed by atoms with Gasteiger partial charge in [0.05, 0.1) is 17.6 Å². The molecule has 0 aliphatic rings. The van der Waals surface area contributed by atoms with Gasteiger partial charge in [-0.1, -0.05) is 43.2 Å². The molecule has 3 rings (SSSR count). The van der Waals surface area contributed by atoms with Crippen molar-refractivity contribution >= 4 is 16.9 Å². The van der Waals surface area contributed by atoms with Crippen LogP contribution in [0.25, 0.3) is 11.0 Å². The lowest BCUT2D eigenvalue weighted by atomic mass is 10.1. The lowest BCUT2D eigenvalue weighted by Gasteiger charge is -2.12. The number of aryl methyl sites for hydroxylation is 4. The normalized spacial score (nSPS) is 11.1. The van der Waals surface area contributed by atoms with E-state index in [1.165, 1.54) is 22.5 Å². The van der Waals surface area contributed by atoms with Crippen LogP contribution in [0.15, 0.2) is 42.5 Å². The molecule has 1 aromatic heterocycles. The average Bonchev–Trinajstić information content (AvgIpc) is 3.14. The standard InChI is InChI=1S/C27H37N3O2/c1-4-27(31)28-17-9-5-6-14-26-29-23-12-7-8-13-24(23)30(26)18-10-11-19-32-25-16-15-21(2)20-22(25)3/h7-8,12-13,15-16,20H,4-6,9-11,14,17-19H2,1-3H3,(H,28,31). The van der Waals surface area contributed by atoms with E-state index in [-0.39, 0.29) is 5.91 Å². The number of ether oxygens (including phenoxy) is 1. The SMILES string of the molecule is CCC(=O)NCCCCCc1nc2ccccc2n1CCCCOc1ccc(C)cc1C. The van der Waals surface area contributed by atoms with Crippen LogP contribution in [0.4, 0.5) is 0 Å². The molecule has 0 spiro atoms. The van der Waals surface area contributed by atoms with Gasteiger partial charge < -0.3 is 14.6 Å². The molecule has 0 unspecified atom stereocenters. The fourth-order valence-corrected chi connectivity index (χ4v) is 4.02. The number of carbonyl (C=O) groups excluding carboxylic acids is 1. The summed E-state index contributed by atoms with van der Waals surface area (Å²) in [6, 6.07) is 14.7. The lowest BCUT2D eigenvalue weighted by molar-refractivity contribution is -0.120. The molecule has 2 aromatic carbocycles. The van der Waals surface area contributed by atoms with E-state index in [1.54, 1.807) is 0 Å². The van der Waals surface area contributed by atoms with Crippen molar-refractivity contribution in [2.45, 2.75) is 72.3 Å². The van der Waals surface area contributed by atoms with Crippen molar-refractivity contribution in [3.63, 3.8) is 0 Å². The Labute approximate surface area is 192 Å². The van der Waals surface area contributed by atoms with E-state index >= 15 is 0 Å². The van der Waals surface area contributed by atoms with Gasteiger partial charge in [-0.2, -0.15) is 0 Å². The average molecular weight is 436 g/mol. The lowest BCUT2D eigenvalue weighted by Crippen LogP contribution is -2.23. The molecule has 5 nitrogen and oxygen atoms in total. The summed E-state index contributed by atoms with van der Waals surface area (Å²) in [5.74, 6) is 2.28. The predicted octanol–water partition coefficient (Wildman–Crippen LogP) is 5.75. The van der Waals surface area contributed by atoms with Gasteiger partial charge in [0, 0.05) is 25.9 Å². The van der Waals surface area contributed by atoms with Crippen molar-refractivity contribution in [3.05, 3.63) is 59.4 Å². The van der Waals surface area contributed by atoms with E-state index in [0.29, 0.717) is 6.42 Å². The zero-order valence-electron chi connectivity index (χ0n) is 19.8. The Morgan fingerprint density at radius 2 is 1.88 bits per heavy atom. The summed E-state index contributed by atoms with van der Waals surface area (Å²) in [7, 11) is 0. The highest BCUT2D eigenvalue weighted by Crippen LogP contribution is 2.20. The summed E-state index contributed by atoms with van der Waals surface area (Å²) in [4.78, 5) is 16.2. The fourth-order valence-electron chi connectivity index (χ4n) is 4.02. The first-order chi connectivity index (χ1) is 15.6. The van der Waals surface area contributed by atoms with Gasteiger partial charge in [0.2, 0.25) is 5.91 Å². The molecule has 5 heteroatoms. The van der Waals surface area contributed by atoms with Crippen LogP contribution < -0.4 is 10.1 Å². The topological polar surface area (TPSA) is 56.2 Å². The largest absolute Gasteiger partial charge is 0.493 e. The van der Waals surface area contributed by atoms with E-state index in [4.69, 9.17) is 9.72 Å². The van der Waals surface area contributed by atoms with E-state index in [9.17, 15) is 4.79 Å². The number of hydrogen-bond donors (Lipinski definition) is 1. The molecule has 0 saturated heterocycles. The highest BCUT2D eigenvalue weighted by atomic mass is 16.5. The van der Waals surface area contributed by atoms with Crippen LogP contribution in [0.2, 0.25) is 0 Å². The number of nitrogens with one attached hydrogen (secondary N) is 1. The smallest absolute Gasteiger partial charge is 0.219 e. The molecule has 0 fully saturated rings. The van der Waals surface area contributed by atoms with Crippen molar-refractivity contribution in [2.75, 3.05) is 13.2 Å². The van der Waals surface area contributed by atoms with Crippen molar-refractivity contribution in [3.8, 4) is 5.75 Å². The Morgan fingerprint density at radius 1 is 1.03 bits per heavy atom. The number of aromatic nitrogens is 2. The van der Waals surface area contributed by atoms with Crippen LogP contribution in [0.5, 0.6) is 5.75 Å². The molecule has 0 aliphatic carbocycles. The number of hydrogen-bond acceptors (Lipinski definition) is 3. The molecule has 172 valence electrons. The Morgan fingerprint density at radius 3 is 2.69 bits per heavy atom. The van der Waals surface area contributed by atoms with Crippen LogP contribution in [0.1, 0.15) is 62.4 Å². The molecular formula is C27H37N3O2. The van der Waals surface area contributed by atoms with Gasteiger partial charge in [-0.15, -0.1) is 0 Å². The summed E-state index contributed by atoms with van der Waals surface area (Å²) >= 11 is 0. The summed E-state index contributed by atoms with van der Waals surface area (Å²) in [5, 5.41) is 2.95. The molecule has 0 saturated carbocycles. The molecular weight excluding hydrogens is 398 g/mol. The van der Waals surface area contributed by atoms with E-state index in [1.807, 2.05) is 6.92 Å². The molecule has 3 aromatic rings. The first-order valence-corrected chi connectivity index (χ1v) is 12.0. The van der Waals surface area contributed by atoms with Gasteiger partial charge >= 0.3 is 0 Å². The number of benzene rings is 2. The minimum Gasteiger partial charge on any atom is -0.493 e. The van der Waals surface area contributed by atoms with Crippen molar-refractivity contribution < 1.29 is 9.53 Å². The molecule has 0 bridgehead atoms. The van der Waals surface area contributed by atoms with E-state index in [2.05, 4.69) is 66.2 Å². The third-order valence-corrected chi connectivity index (χ3v) is 5.82. The maximum Gasteiger partial charge on any atom is 0.219 e. The second-order valence-corrected chi connectivity index (χ2v) is 8.51. The monoisotopic (exact) mass is 435 g/mol. The Kier molecular flexibility index (Phi) is 9.14. The second kappa shape index (κ2) is 12.3. The number of fused-ring (bicyclic) bond motifs is 1. The molecule has 0 aliphatic heterocycles. The van der Waals surface area contributed by atoms with Crippen LogP contribution in [-0.4, -0.2) is 28.6 Å². The van der Waals surface area contributed by atoms with Crippen molar-refractivity contribution in [2.24, 2.45) is 0 Å². The fraction of sp³-hybridized carbons (Fsp3) is 0.481.